The summed E-state index contributed by atoms with van der Waals surface area (Å²) in [7, 11) is 0. The monoisotopic (exact) mass is 326 g/mol. The number of rotatable bonds is 2. The Labute approximate surface area is 141 Å². The van der Waals surface area contributed by atoms with Crippen molar-refractivity contribution in [1.82, 2.24) is 10.1 Å². The van der Waals surface area contributed by atoms with Crippen LogP contribution in [0.25, 0.3) is 0 Å². The molecule has 3 heterocycles. The zero-order valence-electron chi connectivity index (χ0n) is 14.2. The van der Waals surface area contributed by atoms with Crippen molar-refractivity contribution in [3.05, 3.63) is 46.3 Å². The molecule has 1 aromatic heterocycles. The maximum Gasteiger partial charge on any atom is 0.254 e. The molecule has 0 aliphatic carbocycles. The molecule has 1 fully saturated rings. The number of ether oxygens (including phenoxy) is 1. The standard InChI is InChI=1S/C19H22N2O3/c1-12-18(13(2)24-20-12)16-6-3-9-21(16)19(22)15-7-8-17-14(11-15)5-4-10-23-17/h7-8,11,16H,3-6,9-10H2,1-2H3/t16-/m0/s1. The van der Waals surface area contributed by atoms with Crippen LogP contribution in [0.2, 0.25) is 0 Å². The van der Waals surface area contributed by atoms with Gasteiger partial charge in [-0.1, -0.05) is 5.16 Å². The third-order valence-electron chi connectivity index (χ3n) is 5.09. The van der Waals surface area contributed by atoms with E-state index in [0.717, 1.165) is 72.7 Å². The number of aryl methyl sites for hydroxylation is 3. The summed E-state index contributed by atoms with van der Waals surface area (Å²) in [6, 6.07) is 5.88. The fourth-order valence-corrected chi connectivity index (χ4v) is 3.93. The number of carbonyl (C=O) groups is 1. The molecular weight excluding hydrogens is 304 g/mol. The lowest BCUT2D eigenvalue weighted by Gasteiger charge is -2.25. The van der Waals surface area contributed by atoms with Crippen molar-refractivity contribution in [2.24, 2.45) is 0 Å². The molecule has 0 unspecified atom stereocenters. The molecule has 4 rings (SSSR count). The molecule has 5 nitrogen and oxygen atoms in total. The number of hydrogen-bond acceptors (Lipinski definition) is 4. The van der Waals surface area contributed by atoms with E-state index < -0.39 is 0 Å². The van der Waals surface area contributed by atoms with E-state index in [0.29, 0.717) is 0 Å². The smallest absolute Gasteiger partial charge is 0.254 e. The summed E-state index contributed by atoms with van der Waals surface area (Å²) >= 11 is 0. The summed E-state index contributed by atoms with van der Waals surface area (Å²) in [5.41, 5.74) is 3.84. The summed E-state index contributed by atoms with van der Waals surface area (Å²) in [6.07, 6.45) is 3.96. The van der Waals surface area contributed by atoms with Crippen LogP contribution in [0, 0.1) is 13.8 Å². The molecule has 2 aliphatic rings. The van der Waals surface area contributed by atoms with E-state index in [-0.39, 0.29) is 11.9 Å². The molecule has 0 spiro atoms. The molecule has 1 aromatic carbocycles. The molecule has 1 atom stereocenters. The fraction of sp³-hybridized carbons (Fsp3) is 0.474. The van der Waals surface area contributed by atoms with Gasteiger partial charge in [0, 0.05) is 17.7 Å². The Bertz CT molecular complexity index is 761. The molecule has 2 aromatic rings. The summed E-state index contributed by atoms with van der Waals surface area (Å²) in [5.74, 6) is 1.82. The highest BCUT2D eigenvalue weighted by Crippen LogP contribution is 2.37. The Morgan fingerprint density at radius 2 is 2.17 bits per heavy atom. The van der Waals surface area contributed by atoms with Crippen LogP contribution in [-0.2, 0) is 6.42 Å². The van der Waals surface area contributed by atoms with Crippen LogP contribution in [0.5, 0.6) is 5.75 Å². The molecule has 1 saturated heterocycles. The maximum atomic E-state index is 13.1. The Kier molecular flexibility index (Phi) is 3.79. The van der Waals surface area contributed by atoms with Gasteiger partial charge in [0.05, 0.1) is 18.3 Å². The van der Waals surface area contributed by atoms with Gasteiger partial charge < -0.3 is 14.2 Å². The van der Waals surface area contributed by atoms with Crippen molar-refractivity contribution in [3.8, 4) is 5.75 Å². The van der Waals surface area contributed by atoms with E-state index in [9.17, 15) is 4.79 Å². The molecule has 5 heteroatoms. The number of carbonyl (C=O) groups excluding carboxylic acids is 1. The Morgan fingerprint density at radius 3 is 2.96 bits per heavy atom. The summed E-state index contributed by atoms with van der Waals surface area (Å²) in [6.45, 7) is 5.41. The first-order chi connectivity index (χ1) is 11.6. The van der Waals surface area contributed by atoms with Crippen molar-refractivity contribution in [3.63, 3.8) is 0 Å². The number of fused-ring (bicyclic) bond motifs is 1. The van der Waals surface area contributed by atoms with Gasteiger partial charge in [-0.25, -0.2) is 0 Å². The second-order valence-corrected chi connectivity index (χ2v) is 6.67. The minimum absolute atomic E-state index is 0.0658. The molecule has 24 heavy (non-hydrogen) atoms. The van der Waals surface area contributed by atoms with Crippen LogP contribution < -0.4 is 4.74 Å². The van der Waals surface area contributed by atoms with Crippen LogP contribution >= 0.6 is 0 Å². The highest BCUT2D eigenvalue weighted by atomic mass is 16.5. The quantitative estimate of drug-likeness (QED) is 0.846. The van der Waals surface area contributed by atoms with Gasteiger partial charge in [-0.2, -0.15) is 0 Å². The third kappa shape index (κ3) is 2.48. The van der Waals surface area contributed by atoms with E-state index in [1.807, 2.05) is 36.9 Å². The van der Waals surface area contributed by atoms with Crippen LogP contribution in [0.1, 0.15) is 58.2 Å². The second kappa shape index (κ2) is 5.96. The second-order valence-electron chi connectivity index (χ2n) is 6.67. The molecular formula is C19H22N2O3. The predicted octanol–water partition coefficient (Wildman–Crippen LogP) is 3.59. The molecule has 126 valence electrons. The van der Waals surface area contributed by atoms with Gasteiger partial charge in [0.25, 0.3) is 5.91 Å². The molecule has 2 aliphatic heterocycles. The van der Waals surface area contributed by atoms with Gasteiger partial charge >= 0.3 is 0 Å². The number of benzene rings is 1. The number of nitrogens with zero attached hydrogens (tertiary/aromatic N) is 2. The predicted molar refractivity (Wildman–Crippen MR) is 89.2 cm³/mol. The first kappa shape index (κ1) is 15.2. The van der Waals surface area contributed by atoms with Crippen molar-refractivity contribution < 1.29 is 14.1 Å². The number of likely N-dealkylation sites (tertiary alicyclic amines) is 1. The Balaban J connectivity index is 1.64. The van der Waals surface area contributed by atoms with Gasteiger partial charge in [-0.3, -0.25) is 4.79 Å². The van der Waals surface area contributed by atoms with Crippen molar-refractivity contribution in [2.45, 2.75) is 45.6 Å². The normalized spacial score (nSPS) is 19.9. The van der Waals surface area contributed by atoms with E-state index in [4.69, 9.17) is 9.26 Å². The van der Waals surface area contributed by atoms with Gasteiger partial charge in [-0.05, 0) is 63.3 Å². The molecule has 0 bridgehead atoms. The van der Waals surface area contributed by atoms with E-state index >= 15 is 0 Å². The largest absolute Gasteiger partial charge is 0.493 e. The topological polar surface area (TPSA) is 55.6 Å². The van der Waals surface area contributed by atoms with Gasteiger partial charge in [0.1, 0.15) is 11.5 Å². The first-order valence-electron chi connectivity index (χ1n) is 8.64. The molecule has 0 N–H and O–H groups in total. The Morgan fingerprint density at radius 1 is 1.29 bits per heavy atom. The van der Waals surface area contributed by atoms with Crippen LogP contribution in [0.4, 0.5) is 0 Å². The molecule has 0 saturated carbocycles. The highest BCUT2D eigenvalue weighted by Gasteiger charge is 2.34. The summed E-state index contributed by atoms with van der Waals surface area (Å²) in [4.78, 5) is 15.1. The molecule has 1 amide bonds. The van der Waals surface area contributed by atoms with Gasteiger partial charge in [-0.15, -0.1) is 0 Å². The zero-order valence-corrected chi connectivity index (χ0v) is 14.2. The first-order valence-corrected chi connectivity index (χ1v) is 8.64. The number of amides is 1. The van der Waals surface area contributed by atoms with Crippen molar-refractivity contribution in [1.29, 1.82) is 0 Å². The maximum absolute atomic E-state index is 13.1. The van der Waals surface area contributed by atoms with E-state index in [1.165, 1.54) is 0 Å². The SMILES string of the molecule is Cc1noc(C)c1[C@@H]1CCCN1C(=O)c1ccc2c(c1)CCCO2. The number of aromatic nitrogens is 1. The van der Waals surface area contributed by atoms with Crippen molar-refractivity contribution >= 4 is 5.91 Å². The zero-order chi connectivity index (χ0) is 16.7. The van der Waals surface area contributed by atoms with Gasteiger partial charge in [0.15, 0.2) is 0 Å². The van der Waals surface area contributed by atoms with E-state index in [2.05, 4.69) is 5.16 Å². The highest BCUT2D eigenvalue weighted by molar-refractivity contribution is 5.95. The van der Waals surface area contributed by atoms with Crippen LogP contribution in [0.3, 0.4) is 0 Å². The molecule has 0 radical (unpaired) electrons. The third-order valence-corrected chi connectivity index (χ3v) is 5.09. The lowest BCUT2D eigenvalue weighted by Crippen LogP contribution is -2.31. The number of hydrogen-bond donors (Lipinski definition) is 0. The Hall–Kier alpha value is -2.30. The van der Waals surface area contributed by atoms with Crippen LogP contribution in [-0.4, -0.2) is 29.1 Å². The average molecular weight is 326 g/mol. The van der Waals surface area contributed by atoms with Crippen LogP contribution in [0.15, 0.2) is 22.7 Å². The fourth-order valence-electron chi connectivity index (χ4n) is 3.93. The lowest BCUT2D eigenvalue weighted by molar-refractivity contribution is 0.0734. The lowest BCUT2D eigenvalue weighted by atomic mass is 10.0. The average Bonchev–Trinajstić information content (AvgIpc) is 3.20. The van der Waals surface area contributed by atoms with E-state index in [1.54, 1.807) is 0 Å². The minimum atomic E-state index is 0.0658. The van der Waals surface area contributed by atoms with Gasteiger partial charge in [0.2, 0.25) is 0 Å². The van der Waals surface area contributed by atoms with Crippen molar-refractivity contribution in [2.75, 3.05) is 13.2 Å². The minimum Gasteiger partial charge on any atom is -0.493 e. The summed E-state index contributed by atoms with van der Waals surface area (Å²) in [5, 5.41) is 4.06. The summed E-state index contributed by atoms with van der Waals surface area (Å²) < 4.78 is 11.0.